The van der Waals surface area contributed by atoms with Gasteiger partial charge in [0.2, 0.25) is 0 Å². The molecule has 0 saturated carbocycles. The van der Waals surface area contributed by atoms with Crippen LogP contribution in [0.1, 0.15) is 5.69 Å². The summed E-state index contributed by atoms with van der Waals surface area (Å²) in [6, 6.07) is 11.8. The van der Waals surface area contributed by atoms with Crippen molar-refractivity contribution in [2.45, 2.75) is 6.42 Å². The number of aromatic nitrogens is 2. The fourth-order valence-electron chi connectivity index (χ4n) is 2.64. The minimum Gasteiger partial charge on any atom is -0.493 e. The van der Waals surface area contributed by atoms with Gasteiger partial charge in [-0.2, -0.15) is 0 Å². The maximum absolute atomic E-state index is 5.77. The first kappa shape index (κ1) is 14.4. The van der Waals surface area contributed by atoms with Gasteiger partial charge >= 0.3 is 0 Å². The number of methoxy groups -OCH3 is 2. The number of hydrogen-bond donors (Lipinski definition) is 1. The van der Waals surface area contributed by atoms with E-state index in [0.29, 0.717) is 18.0 Å². The summed E-state index contributed by atoms with van der Waals surface area (Å²) in [5.74, 6) is 1.39. The van der Waals surface area contributed by atoms with E-state index >= 15 is 0 Å². The van der Waals surface area contributed by atoms with Gasteiger partial charge in [0.25, 0.3) is 0 Å². The number of fused-ring (bicyclic) bond motifs is 1. The molecule has 0 radical (unpaired) electrons. The highest BCUT2D eigenvalue weighted by atomic mass is 16.5. The van der Waals surface area contributed by atoms with Crippen molar-refractivity contribution in [1.29, 1.82) is 0 Å². The molecule has 5 nitrogen and oxygen atoms in total. The Morgan fingerprint density at radius 1 is 1.09 bits per heavy atom. The Kier molecular flexibility index (Phi) is 3.98. The van der Waals surface area contributed by atoms with E-state index in [-0.39, 0.29) is 0 Å². The molecule has 3 rings (SSSR count). The van der Waals surface area contributed by atoms with Crippen LogP contribution in [0.25, 0.3) is 16.9 Å². The first-order valence-corrected chi connectivity index (χ1v) is 7.17. The zero-order valence-electron chi connectivity index (χ0n) is 12.7. The number of hydrogen-bond acceptors (Lipinski definition) is 4. The molecular formula is C17H19N3O2. The number of nitrogens with two attached hydrogens (primary N) is 1. The van der Waals surface area contributed by atoms with Crippen molar-refractivity contribution >= 4 is 5.65 Å². The molecule has 0 atom stereocenters. The normalized spacial score (nSPS) is 10.9. The first-order valence-electron chi connectivity index (χ1n) is 7.17. The molecule has 0 aliphatic heterocycles. The second-order valence-corrected chi connectivity index (χ2v) is 4.94. The number of imidazole rings is 1. The molecule has 2 aromatic heterocycles. The molecule has 0 aliphatic rings. The number of pyridine rings is 1. The van der Waals surface area contributed by atoms with Gasteiger partial charge in [0.05, 0.1) is 25.6 Å². The first-order chi connectivity index (χ1) is 10.8. The maximum atomic E-state index is 5.77. The van der Waals surface area contributed by atoms with Gasteiger partial charge in [-0.15, -0.1) is 0 Å². The minimum absolute atomic E-state index is 0.572. The summed E-state index contributed by atoms with van der Waals surface area (Å²) in [5.41, 5.74) is 9.71. The van der Waals surface area contributed by atoms with Crippen LogP contribution in [0.15, 0.2) is 42.6 Å². The molecule has 0 saturated heterocycles. The summed E-state index contributed by atoms with van der Waals surface area (Å²) >= 11 is 0. The van der Waals surface area contributed by atoms with Crippen molar-refractivity contribution in [3.05, 3.63) is 48.3 Å². The lowest BCUT2D eigenvalue weighted by Crippen LogP contribution is -2.06. The van der Waals surface area contributed by atoms with Gasteiger partial charge in [0.1, 0.15) is 5.65 Å². The molecule has 0 spiro atoms. The molecule has 114 valence electrons. The summed E-state index contributed by atoms with van der Waals surface area (Å²) in [6.07, 6.45) is 2.77. The fourth-order valence-corrected chi connectivity index (χ4v) is 2.64. The Labute approximate surface area is 129 Å². The second-order valence-electron chi connectivity index (χ2n) is 4.94. The number of ether oxygens (including phenoxy) is 2. The van der Waals surface area contributed by atoms with Crippen molar-refractivity contribution in [2.24, 2.45) is 5.73 Å². The molecule has 3 aromatic rings. The Bertz CT molecular complexity index is 796. The Morgan fingerprint density at radius 3 is 2.64 bits per heavy atom. The van der Waals surface area contributed by atoms with E-state index in [1.807, 2.05) is 42.6 Å². The van der Waals surface area contributed by atoms with Gasteiger partial charge in [-0.3, -0.25) is 0 Å². The average molecular weight is 297 g/mol. The summed E-state index contributed by atoms with van der Waals surface area (Å²) in [5, 5.41) is 0. The minimum atomic E-state index is 0.572. The third-order valence-electron chi connectivity index (χ3n) is 3.67. The van der Waals surface area contributed by atoms with E-state index in [9.17, 15) is 0 Å². The molecule has 1 aromatic carbocycles. The lowest BCUT2D eigenvalue weighted by Gasteiger charge is -2.09. The predicted octanol–water partition coefficient (Wildman–Crippen LogP) is 2.52. The molecule has 0 bridgehead atoms. The molecule has 2 N–H and O–H groups in total. The molecule has 0 aliphatic carbocycles. The lowest BCUT2D eigenvalue weighted by molar-refractivity contribution is 0.355. The zero-order chi connectivity index (χ0) is 15.5. The Morgan fingerprint density at radius 2 is 1.91 bits per heavy atom. The van der Waals surface area contributed by atoms with Gasteiger partial charge in [0.15, 0.2) is 11.5 Å². The monoisotopic (exact) mass is 297 g/mol. The van der Waals surface area contributed by atoms with Gasteiger partial charge < -0.3 is 19.6 Å². The highest BCUT2D eigenvalue weighted by Gasteiger charge is 2.15. The third kappa shape index (κ3) is 2.40. The van der Waals surface area contributed by atoms with Crippen molar-refractivity contribution < 1.29 is 9.47 Å². The molecule has 22 heavy (non-hydrogen) atoms. The van der Waals surface area contributed by atoms with Crippen LogP contribution in [0.5, 0.6) is 11.5 Å². The van der Waals surface area contributed by atoms with Crippen LogP contribution in [0, 0.1) is 0 Å². The Balaban J connectivity index is 2.19. The van der Waals surface area contributed by atoms with E-state index in [2.05, 4.69) is 4.40 Å². The average Bonchev–Trinajstić information content (AvgIpc) is 2.93. The van der Waals surface area contributed by atoms with E-state index in [4.69, 9.17) is 20.2 Å². The van der Waals surface area contributed by atoms with Gasteiger partial charge in [-0.1, -0.05) is 6.07 Å². The SMILES string of the molecule is COc1ccc(-c2nc3ccccn3c2CCN)cc1OC. The highest BCUT2D eigenvalue weighted by Crippen LogP contribution is 2.33. The van der Waals surface area contributed by atoms with Crippen molar-refractivity contribution in [3.63, 3.8) is 0 Å². The van der Waals surface area contributed by atoms with Crippen LogP contribution in [0.3, 0.4) is 0 Å². The number of benzene rings is 1. The van der Waals surface area contributed by atoms with Gasteiger partial charge in [-0.25, -0.2) is 4.98 Å². The van der Waals surface area contributed by atoms with Gasteiger partial charge in [-0.05, 0) is 36.9 Å². The number of rotatable bonds is 5. The predicted molar refractivity (Wildman–Crippen MR) is 86.5 cm³/mol. The van der Waals surface area contributed by atoms with Crippen LogP contribution in [0.2, 0.25) is 0 Å². The van der Waals surface area contributed by atoms with E-state index < -0.39 is 0 Å². The smallest absolute Gasteiger partial charge is 0.161 e. The maximum Gasteiger partial charge on any atom is 0.161 e. The van der Waals surface area contributed by atoms with Crippen molar-refractivity contribution in [2.75, 3.05) is 20.8 Å². The molecule has 0 amide bonds. The van der Waals surface area contributed by atoms with Crippen LogP contribution >= 0.6 is 0 Å². The largest absolute Gasteiger partial charge is 0.493 e. The zero-order valence-corrected chi connectivity index (χ0v) is 12.7. The quantitative estimate of drug-likeness (QED) is 0.786. The highest BCUT2D eigenvalue weighted by molar-refractivity contribution is 5.69. The summed E-state index contributed by atoms with van der Waals surface area (Å²) in [7, 11) is 3.26. The van der Waals surface area contributed by atoms with E-state index in [1.165, 1.54) is 0 Å². The molecule has 0 fully saturated rings. The topological polar surface area (TPSA) is 61.8 Å². The third-order valence-corrected chi connectivity index (χ3v) is 3.67. The number of nitrogens with zero attached hydrogens (tertiary/aromatic N) is 2. The van der Waals surface area contributed by atoms with Crippen molar-refractivity contribution in [1.82, 2.24) is 9.38 Å². The van der Waals surface area contributed by atoms with Crippen molar-refractivity contribution in [3.8, 4) is 22.8 Å². The molecule has 2 heterocycles. The summed E-state index contributed by atoms with van der Waals surface area (Å²) < 4.78 is 12.8. The van der Waals surface area contributed by atoms with Crippen LogP contribution in [-0.4, -0.2) is 30.1 Å². The molecule has 5 heteroatoms. The fraction of sp³-hybridized carbons (Fsp3) is 0.235. The molecular weight excluding hydrogens is 278 g/mol. The standard InChI is InChI=1S/C17H19N3O2/c1-21-14-7-6-12(11-15(14)22-2)17-13(8-9-18)20-10-4-3-5-16(20)19-17/h3-7,10-11H,8-9,18H2,1-2H3. The van der Waals surface area contributed by atoms with Crippen LogP contribution < -0.4 is 15.2 Å². The van der Waals surface area contributed by atoms with E-state index in [0.717, 1.165) is 29.0 Å². The molecule has 0 unspecified atom stereocenters. The van der Waals surface area contributed by atoms with Crippen LogP contribution in [-0.2, 0) is 6.42 Å². The van der Waals surface area contributed by atoms with Crippen LogP contribution in [0.4, 0.5) is 0 Å². The van der Waals surface area contributed by atoms with E-state index in [1.54, 1.807) is 14.2 Å². The summed E-state index contributed by atoms with van der Waals surface area (Å²) in [4.78, 5) is 4.74. The Hall–Kier alpha value is -2.53. The lowest BCUT2D eigenvalue weighted by atomic mass is 10.1. The van der Waals surface area contributed by atoms with Gasteiger partial charge in [0, 0.05) is 18.2 Å². The second kappa shape index (κ2) is 6.07. The summed E-state index contributed by atoms with van der Waals surface area (Å²) in [6.45, 7) is 0.572.